The Hall–Kier alpha value is -6.05. The van der Waals surface area contributed by atoms with Crippen molar-refractivity contribution in [3.8, 4) is 0 Å². The first-order valence-electron chi connectivity index (χ1n) is 14.5. The van der Waals surface area contributed by atoms with E-state index in [1.165, 1.54) is 43.0 Å². The summed E-state index contributed by atoms with van der Waals surface area (Å²) in [5.74, 6) is -5.94. The van der Waals surface area contributed by atoms with Crippen molar-refractivity contribution in [3.05, 3.63) is 107 Å². The molecule has 1 fully saturated rings. The van der Waals surface area contributed by atoms with Gasteiger partial charge in [0.15, 0.2) is 6.04 Å². The molecular weight excluding hydrogens is 608 g/mol. The van der Waals surface area contributed by atoms with Crippen LogP contribution in [0.25, 0.3) is 0 Å². The second-order valence-corrected chi connectivity index (χ2v) is 11.1. The Morgan fingerprint density at radius 2 is 1.45 bits per heavy atom. The molecule has 47 heavy (non-hydrogen) atoms. The largest absolute Gasteiger partial charge is 0.481 e. The van der Waals surface area contributed by atoms with Gasteiger partial charge < -0.3 is 31.5 Å². The predicted octanol–water partition coefficient (Wildman–Crippen LogP) is 1.94. The van der Waals surface area contributed by atoms with Crippen LogP contribution in [0.2, 0.25) is 0 Å². The van der Waals surface area contributed by atoms with Crippen LogP contribution < -0.4 is 16.4 Å². The summed E-state index contributed by atoms with van der Waals surface area (Å²) in [6.07, 6.45) is -0.909. The molecule has 0 aromatic heterocycles. The molecule has 0 bridgehead atoms. The van der Waals surface area contributed by atoms with Gasteiger partial charge in [0.2, 0.25) is 11.8 Å². The van der Waals surface area contributed by atoms with E-state index in [0.29, 0.717) is 16.7 Å². The Morgan fingerprint density at radius 3 is 1.98 bits per heavy atom. The molecule has 0 saturated carbocycles. The number of carbonyl (C=O) groups is 6. The summed E-state index contributed by atoms with van der Waals surface area (Å²) in [5, 5.41) is 31.4. The highest BCUT2D eigenvalue weighted by atomic mass is 16.4. The molecule has 1 saturated heterocycles. The first kappa shape index (κ1) is 33.8. The number of benzene rings is 3. The van der Waals surface area contributed by atoms with Gasteiger partial charge in [-0.3, -0.25) is 24.6 Å². The van der Waals surface area contributed by atoms with Gasteiger partial charge in [-0.1, -0.05) is 84.9 Å². The highest BCUT2D eigenvalue weighted by molar-refractivity contribution is 6.10. The number of carboxylic acids is 2. The van der Waals surface area contributed by atoms with E-state index in [9.17, 15) is 39.0 Å². The maximum absolute atomic E-state index is 14.2. The highest BCUT2D eigenvalue weighted by Gasteiger charge is 2.57. The Balaban J connectivity index is 1.63. The fraction of sp³-hybridized carbons (Fsp3) is 0.242. The molecular formula is C33H34N6O8. The van der Waals surface area contributed by atoms with E-state index in [2.05, 4.69) is 10.6 Å². The molecule has 5 amide bonds. The first-order chi connectivity index (χ1) is 22.2. The van der Waals surface area contributed by atoms with E-state index in [1.807, 2.05) is 0 Å². The number of amides is 5. The van der Waals surface area contributed by atoms with Crippen LogP contribution in [0.5, 0.6) is 0 Å². The number of urea groups is 1. The van der Waals surface area contributed by atoms with Crippen molar-refractivity contribution in [2.45, 2.75) is 50.5 Å². The molecule has 3 aromatic rings. The van der Waals surface area contributed by atoms with Gasteiger partial charge in [-0.05, 0) is 30.5 Å². The molecule has 244 valence electrons. The molecule has 3 aromatic carbocycles. The number of nitrogen functional groups attached to an aromatic ring is 1. The van der Waals surface area contributed by atoms with Crippen molar-refractivity contribution in [3.63, 3.8) is 0 Å². The quantitative estimate of drug-likeness (QED) is 0.0909. The number of amidine groups is 1. The topological polar surface area (TPSA) is 223 Å². The minimum Gasteiger partial charge on any atom is -0.481 e. The molecule has 1 aliphatic heterocycles. The number of hydrogen-bond acceptors (Lipinski definition) is 7. The summed E-state index contributed by atoms with van der Waals surface area (Å²) in [5.41, 5.74) is 5.67. The number of nitrogens with two attached hydrogens (primary N) is 1. The van der Waals surface area contributed by atoms with Gasteiger partial charge in [0, 0.05) is 12.1 Å². The molecule has 0 aliphatic carbocycles. The molecule has 0 spiro atoms. The molecule has 0 radical (unpaired) electrons. The molecule has 4 rings (SSSR count). The highest BCUT2D eigenvalue weighted by Crippen LogP contribution is 2.39. The third-order valence-corrected chi connectivity index (χ3v) is 8.00. The monoisotopic (exact) mass is 642 g/mol. The Bertz CT molecular complexity index is 1700. The first-order valence-corrected chi connectivity index (χ1v) is 14.5. The van der Waals surface area contributed by atoms with Gasteiger partial charge in [-0.2, -0.15) is 0 Å². The number of carboxylic acid groups (broad SMARTS) is 2. The summed E-state index contributed by atoms with van der Waals surface area (Å²) in [7, 11) is 0. The van der Waals surface area contributed by atoms with Crippen LogP contribution in [0.15, 0.2) is 84.9 Å². The second kappa shape index (κ2) is 13.9. The van der Waals surface area contributed by atoms with E-state index in [-0.39, 0.29) is 17.9 Å². The van der Waals surface area contributed by atoms with Crippen LogP contribution in [0.4, 0.5) is 4.79 Å². The zero-order valence-electron chi connectivity index (χ0n) is 25.5. The molecule has 2 unspecified atom stereocenters. The minimum absolute atomic E-state index is 0.0126. The van der Waals surface area contributed by atoms with Crippen molar-refractivity contribution in [2.75, 3.05) is 0 Å². The van der Waals surface area contributed by atoms with Crippen molar-refractivity contribution in [1.29, 1.82) is 5.41 Å². The van der Waals surface area contributed by atoms with Crippen LogP contribution in [0.1, 0.15) is 48.6 Å². The molecule has 4 atom stereocenters. The van der Waals surface area contributed by atoms with E-state index in [0.717, 1.165) is 4.90 Å². The third-order valence-electron chi connectivity index (χ3n) is 8.00. The SMILES string of the molecule is CC(C(=O)N[C@@H](CC(=O)O)C(=O)N[C@H](C(=O)O)c1ccccc1)N1C(=O)N(Cc2ccccc2)C(C)(c2ccc(C(=N)N)cc2)C1=O. The van der Waals surface area contributed by atoms with Crippen molar-refractivity contribution >= 4 is 41.5 Å². The number of nitrogens with one attached hydrogen (secondary N) is 3. The molecule has 1 heterocycles. The number of imide groups is 1. The van der Waals surface area contributed by atoms with Crippen molar-refractivity contribution in [2.24, 2.45) is 5.73 Å². The van der Waals surface area contributed by atoms with Gasteiger partial charge in [-0.15, -0.1) is 0 Å². The number of nitrogens with zero attached hydrogens (tertiary/aromatic N) is 2. The van der Waals surface area contributed by atoms with Crippen LogP contribution in [0, 0.1) is 5.41 Å². The maximum Gasteiger partial charge on any atom is 0.330 e. The zero-order chi connectivity index (χ0) is 34.5. The predicted molar refractivity (Wildman–Crippen MR) is 168 cm³/mol. The third kappa shape index (κ3) is 7.11. The van der Waals surface area contributed by atoms with Crippen LogP contribution >= 0.6 is 0 Å². The van der Waals surface area contributed by atoms with E-state index < -0.39 is 65.8 Å². The number of carbonyl (C=O) groups excluding carboxylic acids is 4. The normalized spacial score (nSPS) is 17.8. The van der Waals surface area contributed by atoms with E-state index in [4.69, 9.17) is 11.1 Å². The smallest absolute Gasteiger partial charge is 0.330 e. The molecule has 14 heteroatoms. The average molecular weight is 643 g/mol. The molecule has 14 nitrogen and oxygen atoms in total. The lowest BCUT2D eigenvalue weighted by Gasteiger charge is -2.32. The molecule has 7 N–H and O–H groups in total. The van der Waals surface area contributed by atoms with E-state index >= 15 is 0 Å². The summed E-state index contributed by atoms with van der Waals surface area (Å²) >= 11 is 0. The number of rotatable bonds is 13. The Labute approximate surface area is 269 Å². The fourth-order valence-electron chi connectivity index (χ4n) is 5.31. The summed E-state index contributed by atoms with van der Waals surface area (Å²) < 4.78 is 0. The van der Waals surface area contributed by atoms with Gasteiger partial charge in [0.1, 0.15) is 23.5 Å². The summed E-state index contributed by atoms with van der Waals surface area (Å²) in [6.45, 7) is 2.78. The zero-order valence-corrected chi connectivity index (χ0v) is 25.5. The minimum atomic E-state index is -1.74. The van der Waals surface area contributed by atoms with E-state index in [1.54, 1.807) is 60.7 Å². The average Bonchev–Trinajstić information content (AvgIpc) is 3.23. The summed E-state index contributed by atoms with van der Waals surface area (Å²) in [6, 6.07) is 17.1. The maximum atomic E-state index is 14.2. The van der Waals surface area contributed by atoms with Crippen molar-refractivity contribution < 1.29 is 39.0 Å². The Kier molecular flexibility index (Phi) is 10.0. The van der Waals surface area contributed by atoms with Crippen LogP contribution in [-0.2, 0) is 36.1 Å². The second-order valence-electron chi connectivity index (χ2n) is 11.1. The lowest BCUT2D eigenvalue weighted by molar-refractivity contribution is -0.144. The lowest BCUT2D eigenvalue weighted by Crippen LogP contribution is -2.55. The number of hydrogen-bond donors (Lipinski definition) is 6. The Morgan fingerprint density at radius 1 is 0.872 bits per heavy atom. The van der Waals surface area contributed by atoms with Crippen LogP contribution in [0.3, 0.4) is 0 Å². The van der Waals surface area contributed by atoms with Gasteiger partial charge in [0.25, 0.3) is 5.91 Å². The lowest BCUT2D eigenvalue weighted by atomic mass is 9.89. The van der Waals surface area contributed by atoms with Gasteiger partial charge in [-0.25, -0.2) is 14.5 Å². The molecule has 1 aliphatic rings. The standard InChI is InChI=1S/C33H34N6O8/c1-19(28(42)36-24(17-25(40)41)29(43)37-26(30(44)45)21-11-7-4-8-12-21)39-31(46)33(2,23-15-13-22(14-16-23)27(34)35)38(32(39)47)18-20-9-5-3-6-10-20/h3-16,19,24,26H,17-18H2,1-2H3,(H3,34,35)(H,36,42)(H,37,43)(H,40,41)(H,44,45)/t19?,24-,26-,33?/m0/s1. The van der Waals surface area contributed by atoms with Gasteiger partial charge >= 0.3 is 18.0 Å². The number of aliphatic carboxylic acids is 2. The fourth-order valence-corrected chi connectivity index (χ4v) is 5.31. The van der Waals surface area contributed by atoms with Gasteiger partial charge in [0.05, 0.1) is 6.42 Å². The van der Waals surface area contributed by atoms with Crippen molar-refractivity contribution in [1.82, 2.24) is 20.4 Å². The van der Waals surface area contributed by atoms with Crippen LogP contribution in [-0.4, -0.2) is 73.6 Å². The summed E-state index contributed by atoms with van der Waals surface area (Å²) in [4.78, 5) is 80.4.